The monoisotopic (exact) mass is 722 g/mol. The molecular weight excluding hydrogens is 678 g/mol. The van der Waals surface area contributed by atoms with Crippen LogP contribution < -0.4 is 16.0 Å². The molecule has 0 aliphatic heterocycles. The van der Waals surface area contributed by atoms with Crippen molar-refractivity contribution in [3.63, 3.8) is 0 Å². The first-order chi connectivity index (χ1) is 22.8. The van der Waals surface area contributed by atoms with Gasteiger partial charge in [-0.2, -0.15) is 0 Å². The molecule has 2 unspecified atom stereocenters. The van der Waals surface area contributed by atoms with Gasteiger partial charge in [-0.3, -0.25) is 23.5 Å². The number of benzene rings is 1. The SMILES string of the molecule is CP(=O)(O)OCCOCCNC(=O)COCCOCCn1cc(C(=O)NCc2ccc(C(=O)NCCOCCOP(C)(=O)O)cc2)nn1. The zero-order valence-corrected chi connectivity index (χ0v) is 28.7. The van der Waals surface area contributed by atoms with Crippen molar-refractivity contribution in [1.82, 2.24) is 30.9 Å². The topological polar surface area (TPSA) is 248 Å². The number of ether oxygens (including phenoxy) is 4. The van der Waals surface area contributed by atoms with Crippen LogP contribution >= 0.6 is 15.2 Å². The van der Waals surface area contributed by atoms with Crippen molar-refractivity contribution in [2.75, 3.05) is 92.5 Å². The molecule has 2 atom stereocenters. The molecule has 48 heavy (non-hydrogen) atoms. The molecule has 1 heterocycles. The quantitative estimate of drug-likeness (QED) is 0.0622. The summed E-state index contributed by atoms with van der Waals surface area (Å²) < 4.78 is 53.9. The molecule has 19 nitrogen and oxygen atoms in total. The Morgan fingerprint density at radius 1 is 0.729 bits per heavy atom. The maximum atomic E-state index is 12.5. The fourth-order valence-corrected chi connectivity index (χ4v) is 4.32. The van der Waals surface area contributed by atoms with Crippen molar-refractivity contribution >= 4 is 32.9 Å². The van der Waals surface area contributed by atoms with E-state index in [1.165, 1.54) is 10.9 Å². The van der Waals surface area contributed by atoms with Gasteiger partial charge in [0.15, 0.2) is 5.69 Å². The highest BCUT2D eigenvalue weighted by Gasteiger charge is 2.12. The van der Waals surface area contributed by atoms with E-state index < -0.39 is 21.1 Å². The summed E-state index contributed by atoms with van der Waals surface area (Å²) in [5, 5.41) is 15.9. The molecule has 0 aliphatic carbocycles. The Balaban J connectivity index is 1.51. The van der Waals surface area contributed by atoms with Gasteiger partial charge in [-0.15, -0.1) is 5.10 Å². The van der Waals surface area contributed by atoms with E-state index in [0.717, 1.165) is 18.9 Å². The standard InChI is InChI=1S/C27H44N6O13P2/c1-47(37,38)45-17-15-41-10-7-28-25(34)21-44-14-13-43-12-9-33-20-24(31-32-33)27(36)30-19-22-3-5-23(6-4-22)26(35)29-8-11-42-16-18-46-48(2,39)40/h3-6,20H,7-19,21H2,1-2H3,(H,28,34)(H,29,35)(H,30,36)(H,37,38)(H,39,40). The second-order valence-electron chi connectivity index (χ2n) is 10.0. The van der Waals surface area contributed by atoms with Gasteiger partial charge in [0.2, 0.25) is 5.91 Å². The van der Waals surface area contributed by atoms with Crippen LogP contribution in [0.25, 0.3) is 0 Å². The normalized spacial score (nSPS) is 13.8. The van der Waals surface area contributed by atoms with Gasteiger partial charge in [0.05, 0.1) is 72.2 Å². The fourth-order valence-electron chi connectivity index (χ4n) is 3.49. The van der Waals surface area contributed by atoms with Gasteiger partial charge >= 0.3 is 15.2 Å². The maximum Gasteiger partial charge on any atom is 0.325 e. The first-order valence-electron chi connectivity index (χ1n) is 14.8. The molecule has 21 heteroatoms. The summed E-state index contributed by atoms with van der Waals surface area (Å²) in [7, 11) is -7.05. The highest BCUT2D eigenvalue weighted by Crippen LogP contribution is 2.36. The van der Waals surface area contributed by atoms with Crippen LogP contribution in [0.15, 0.2) is 30.5 Å². The van der Waals surface area contributed by atoms with Gasteiger partial charge in [-0.05, 0) is 17.7 Å². The van der Waals surface area contributed by atoms with E-state index >= 15 is 0 Å². The minimum absolute atomic E-state index is 0.0186. The highest BCUT2D eigenvalue weighted by molar-refractivity contribution is 7.52. The summed E-state index contributed by atoms with van der Waals surface area (Å²) in [5.74, 6) is -1.04. The third-order valence-corrected chi connectivity index (χ3v) is 7.05. The van der Waals surface area contributed by atoms with Crippen LogP contribution in [-0.2, 0) is 55.0 Å². The lowest BCUT2D eigenvalue weighted by Crippen LogP contribution is -2.31. The molecule has 1 aromatic carbocycles. The van der Waals surface area contributed by atoms with Crippen molar-refractivity contribution in [1.29, 1.82) is 0 Å². The number of rotatable bonds is 26. The number of amides is 3. The van der Waals surface area contributed by atoms with E-state index in [1.807, 2.05) is 0 Å². The third kappa shape index (κ3) is 20.3. The summed E-state index contributed by atoms with van der Waals surface area (Å²) in [6.07, 6.45) is 1.49. The van der Waals surface area contributed by atoms with Crippen molar-refractivity contribution in [2.45, 2.75) is 13.1 Å². The first-order valence-corrected chi connectivity index (χ1v) is 18.9. The molecule has 0 spiro atoms. The van der Waals surface area contributed by atoms with Crippen molar-refractivity contribution in [3.05, 3.63) is 47.3 Å². The number of hydrogen-bond donors (Lipinski definition) is 5. The Morgan fingerprint density at radius 3 is 1.92 bits per heavy atom. The molecule has 5 N–H and O–H groups in total. The Hall–Kier alpha value is -3.09. The van der Waals surface area contributed by atoms with Gasteiger partial charge in [0, 0.05) is 38.5 Å². The molecule has 0 fully saturated rings. The molecule has 0 bridgehead atoms. The van der Waals surface area contributed by atoms with E-state index in [-0.39, 0.29) is 103 Å². The zero-order valence-electron chi connectivity index (χ0n) is 26.9. The van der Waals surface area contributed by atoms with E-state index in [9.17, 15) is 23.5 Å². The average Bonchev–Trinajstić information content (AvgIpc) is 3.50. The minimum Gasteiger partial charge on any atom is -0.377 e. The Kier molecular flexibility index (Phi) is 19.3. The number of nitrogens with zero attached hydrogens (tertiary/aromatic N) is 3. The lowest BCUT2D eigenvalue weighted by Gasteiger charge is -2.09. The first kappa shape index (κ1) is 41.1. The predicted octanol–water partition coefficient (Wildman–Crippen LogP) is -0.216. The molecule has 2 aromatic rings. The lowest BCUT2D eigenvalue weighted by atomic mass is 10.1. The van der Waals surface area contributed by atoms with Crippen LogP contribution in [0.3, 0.4) is 0 Å². The molecule has 0 aliphatic rings. The van der Waals surface area contributed by atoms with Crippen LogP contribution in [0.4, 0.5) is 0 Å². The van der Waals surface area contributed by atoms with Gasteiger partial charge in [-0.1, -0.05) is 17.3 Å². The van der Waals surface area contributed by atoms with E-state index in [0.29, 0.717) is 12.1 Å². The number of aromatic nitrogens is 3. The third-order valence-electron chi connectivity index (χ3n) is 5.73. The Morgan fingerprint density at radius 2 is 1.29 bits per heavy atom. The van der Waals surface area contributed by atoms with Crippen LogP contribution in [0, 0.1) is 0 Å². The Labute approximate surface area is 278 Å². The summed E-state index contributed by atoms with van der Waals surface area (Å²) in [6.45, 7) is 4.44. The number of hydrogen-bond acceptors (Lipinski definition) is 13. The number of nitrogens with one attached hydrogen (secondary N) is 3. The van der Waals surface area contributed by atoms with Gasteiger partial charge in [-0.25, -0.2) is 4.68 Å². The Bertz CT molecular complexity index is 1350. The number of carbonyl (C=O) groups is 3. The van der Waals surface area contributed by atoms with Crippen LogP contribution in [-0.4, -0.2) is 135 Å². The molecule has 2 rings (SSSR count). The number of carbonyl (C=O) groups excluding carboxylic acids is 3. The molecule has 0 radical (unpaired) electrons. The van der Waals surface area contributed by atoms with E-state index in [4.69, 9.17) is 28.7 Å². The van der Waals surface area contributed by atoms with Crippen molar-refractivity contribution in [3.8, 4) is 0 Å². The molecule has 0 saturated carbocycles. The summed E-state index contributed by atoms with van der Waals surface area (Å²) in [4.78, 5) is 54.5. The summed E-state index contributed by atoms with van der Waals surface area (Å²) in [6, 6.07) is 6.69. The van der Waals surface area contributed by atoms with Crippen LogP contribution in [0.2, 0.25) is 0 Å². The molecule has 0 saturated heterocycles. The fraction of sp³-hybridized carbons (Fsp3) is 0.593. The van der Waals surface area contributed by atoms with E-state index in [1.54, 1.807) is 24.3 Å². The zero-order chi connectivity index (χ0) is 35.3. The van der Waals surface area contributed by atoms with E-state index in [2.05, 4.69) is 35.3 Å². The predicted molar refractivity (Wildman–Crippen MR) is 170 cm³/mol. The second-order valence-corrected chi connectivity index (χ2v) is 13.7. The summed E-state index contributed by atoms with van der Waals surface area (Å²) >= 11 is 0. The van der Waals surface area contributed by atoms with Gasteiger partial charge < -0.3 is 53.7 Å². The molecule has 270 valence electrons. The van der Waals surface area contributed by atoms with Gasteiger partial charge in [0.25, 0.3) is 11.8 Å². The van der Waals surface area contributed by atoms with Crippen LogP contribution in [0.5, 0.6) is 0 Å². The minimum atomic E-state index is -3.53. The highest BCUT2D eigenvalue weighted by atomic mass is 31.2. The van der Waals surface area contributed by atoms with Crippen molar-refractivity contribution < 1.29 is 61.3 Å². The van der Waals surface area contributed by atoms with Gasteiger partial charge in [0.1, 0.15) is 6.61 Å². The largest absolute Gasteiger partial charge is 0.377 e. The van der Waals surface area contributed by atoms with Crippen molar-refractivity contribution in [2.24, 2.45) is 0 Å². The molecular formula is C27H44N6O13P2. The summed E-state index contributed by atoms with van der Waals surface area (Å²) in [5.41, 5.74) is 1.33. The van der Waals surface area contributed by atoms with Crippen LogP contribution in [0.1, 0.15) is 26.4 Å². The molecule has 3 amide bonds. The average molecular weight is 723 g/mol. The molecule has 1 aromatic heterocycles. The maximum absolute atomic E-state index is 12.5. The second kappa shape index (κ2) is 22.5. The lowest BCUT2D eigenvalue weighted by molar-refractivity contribution is -0.126. The smallest absolute Gasteiger partial charge is 0.325 e.